The van der Waals surface area contributed by atoms with Crippen molar-refractivity contribution >= 4 is 5.91 Å². The van der Waals surface area contributed by atoms with Gasteiger partial charge in [-0.05, 0) is 87.9 Å². The minimum Gasteiger partial charge on any atom is -0.493 e. The fraction of sp³-hybridized carbons (Fsp3) is 0.675. The molecule has 0 aromatic heterocycles. The molecule has 1 N–H and O–H groups in total. The van der Waals surface area contributed by atoms with Crippen LogP contribution in [0.2, 0.25) is 0 Å². The first-order chi connectivity index (χ1) is 22.5. The first-order valence-corrected chi connectivity index (χ1v) is 18.7. The molecule has 0 radical (unpaired) electrons. The molecular formula is C40H56N2O4. The van der Waals surface area contributed by atoms with E-state index in [1.807, 2.05) is 0 Å². The van der Waals surface area contributed by atoms with Crippen LogP contribution in [0, 0.1) is 11.8 Å². The number of nitrogens with zero attached hydrogens (tertiary/aromatic N) is 2. The highest BCUT2D eigenvalue weighted by molar-refractivity contribution is 5.77. The number of piperidine rings is 1. The second kappa shape index (κ2) is 13.9. The molecule has 2 aromatic rings. The van der Waals surface area contributed by atoms with Crippen molar-refractivity contribution in [2.24, 2.45) is 11.8 Å². The fourth-order valence-corrected chi connectivity index (χ4v) is 10.1. The van der Waals surface area contributed by atoms with Gasteiger partial charge in [-0.15, -0.1) is 0 Å². The second-order valence-corrected chi connectivity index (χ2v) is 15.0. The number of rotatable bonds is 16. The molecule has 7 rings (SSSR count). The molecule has 2 aliphatic heterocycles. The fourth-order valence-electron chi connectivity index (χ4n) is 10.1. The molecule has 6 heteroatoms. The van der Waals surface area contributed by atoms with Gasteiger partial charge in [-0.2, -0.15) is 0 Å². The van der Waals surface area contributed by atoms with Crippen LogP contribution in [-0.4, -0.2) is 71.8 Å². The van der Waals surface area contributed by atoms with E-state index in [1.165, 1.54) is 61.6 Å². The zero-order chi connectivity index (χ0) is 31.7. The topological polar surface area (TPSA) is 62.2 Å². The molecule has 46 heavy (non-hydrogen) atoms. The Labute approximate surface area is 276 Å². The molecule has 7 atom stereocenters. The first kappa shape index (κ1) is 32.0. The molecule has 1 amide bonds. The van der Waals surface area contributed by atoms with Crippen molar-refractivity contribution in [2.45, 2.75) is 133 Å². The Morgan fingerprint density at radius 3 is 2.48 bits per heavy atom. The van der Waals surface area contributed by atoms with Crippen LogP contribution in [0.5, 0.6) is 11.5 Å². The number of hydrogen-bond acceptors (Lipinski definition) is 5. The van der Waals surface area contributed by atoms with Crippen molar-refractivity contribution in [3.8, 4) is 11.5 Å². The normalized spacial score (nSPS) is 30.4. The lowest BCUT2D eigenvalue weighted by Crippen LogP contribution is -2.69. The smallest absolute Gasteiger partial charge is 0.222 e. The summed E-state index contributed by atoms with van der Waals surface area (Å²) in [4.78, 5) is 18.7. The van der Waals surface area contributed by atoms with Gasteiger partial charge in [0.05, 0.1) is 19.3 Å². The zero-order valence-electron chi connectivity index (χ0n) is 28.3. The monoisotopic (exact) mass is 628 g/mol. The van der Waals surface area contributed by atoms with Gasteiger partial charge in [0.15, 0.2) is 11.5 Å². The van der Waals surface area contributed by atoms with Crippen molar-refractivity contribution < 1.29 is 19.4 Å². The minimum atomic E-state index is -0.111. The maximum absolute atomic E-state index is 13.8. The van der Waals surface area contributed by atoms with Gasteiger partial charge in [-0.3, -0.25) is 9.69 Å². The summed E-state index contributed by atoms with van der Waals surface area (Å²) in [5, 5.41) is 10.1. The molecular weight excluding hydrogens is 572 g/mol. The number of hydrogen-bond donors (Lipinski definition) is 1. The minimum absolute atomic E-state index is 0.0152. The summed E-state index contributed by atoms with van der Waals surface area (Å²) >= 11 is 0. The zero-order valence-corrected chi connectivity index (χ0v) is 28.3. The van der Waals surface area contributed by atoms with Crippen LogP contribution in [0.25, 0.3) is 0 Å². The van der Waals surface area contributed by atoms with Gasteiger partial charge in [0.2, 0.25) is 5.91 Å². The molecule has 6 nitrogen and oxygen atoms in total. The van der Waals surface area contributed by atoms with Crippen molar-refractivity contribution in [3.63, 3.8) is 0 Å². The summed E-state index contributed by atoms with van der Waals surface area (Å²) in [5.74, 6) is 3.06. The number of likely N-dealkylation sites (N-methyl/N-ethyl adjacent to an activating group) is 1. The lowest BCUT2D eigenvalue weighted by molar-refractivity contribution is -0.142. The molecule has 250 valence electrons. The highest BCUT2D eigenvalue weighted by Gasteiger charge is 2.66. The predicted molar refractivity (Wildman–Crippen MR) is 182 cm³/mol. The largest absolute Gasteiger partial charge is 0.493 e. The maximum Gasteiger partial charge on any atom is 0.222 e. The lowest BCUT2D eigenvalue weighted by Gasteiger charge is -2.60. The van der Waals surface area contributed by atoms with Gasteiger partial charge in [0.1, 0.15) is 6.10 Å². The molecule has 1 spiro atoms. The highest BCUT2D eigenvalue weighted by Crippen LogP contribution is 2.64. The van der Waals surface area contributed by atoms with E-state index >= 15 is 0 Å². The summed E-state index contributed by atoms with van der Waals surface area (Å²) < 4.78 is 12.9. The third kappa shape index (κ3) is 5.98. The summed E-state index contributed by atoms with van der Waals surface area (Å²) in [6.45, 7) is 4.95. The Morgan fingerprint density at radius 2 is 1.76 bits per heavy atom. The van der Waals surface area contributed by atoms with Crippen molar-refractivity contribution in [1.29, 1.82) is 0 Å². The quantitative estimate of drug-likeness (QED) is 0.201. The number of aryl methyl sites for hydroxylation is 1. The number of likely N-dealkylation sites (tertiary alicyclic amines) is 1. The standard InChI is InChI=1S/C40H56N2O4/c1-3-42(36(44)18-14-9-7-5-4-6-8-11-15-28-16-12-10-13-17-28)32-21-20-31-33-25-29-19-22-35(45-2)38-37(29)40(31,39(32)46-38)23-24-41(33)27-30-26-34(30)43/h10,12-13,16-17,19,22,30-34,39,43H,3-9,11,14-15,18,20-21,23-27H2,1-2H3/t30?,31-,32-,33+,34?,39-,40-/m0/s1. The van der Waals surface area contributed by atoms with E-state index in [0.29, 0.717) is 30.2 Å². The summed E-state index contributed by atoms with van der Waals surface area (Å²) in [6, 6.07) is 15.8. The number of amides is 1. The Morgan fingerprint density at radius 1 is 1.02 bits per heavy atom. The van der Waals surface area contributed by atoms with Crippen LogP contribution in [-0.2, 0) is 23.1 Å². The first-order valence-electron chi connectivity index (χ1n) is 18.7. The third-order valence-electron chi connectivity index (χ3n) is 12.5. The average Bonchev–Trinajstić information content (AvgIpc) is 3.66. The van der Waals surface area contributed by atoms with Gasteiger partial charge in [-0.1, -0.05) is 74.9 Å². The van der Waals surface area contributed by atoms with Crippen LogP contribution < -0.4 is 9.47 Å². The number of unbranched alkanes of at least 4 members (excludes halogenated alkanes) is 7. The van der Waals surface area contributed by atoms with Gasteiger partial charge < -0.3 is 19.5 Å². The Bertz CT molecular complexity index is 1350. The van der Waals surface area contributed by atoms with Crippen LogP contribution in [0.15, 0.2) is 42.5 Å². The van der Waals surface area contributed by atoms with Crippen molar-refractivity contribution in [2.75, 3.05) is 26.7 Å². The number of aliphatic hydroxyl groups is 1. The molecule has 2 unspecified atom stereocenters. The SMILES string of the molecule is CCN(C(=O)CCCCCCCCCCc1ccccc1)[C@H]1CC[C@H]2[C@H]3Cc4ccc(OC)c5c4[C@@]2(CCN3CC2CC2O)[C@H]1O5. The summed E-state index contributed by atoms with van der Waals surface area (Å²) in [7, 11) is 1.75. The Hall–Kier alpha value is -2.57. The van der Waals surface area contributed by atoms with E-state index in [2.05, 4.69) is 59.2 Å². The molecule has 3 fully saturated rings. The average molecular weight is 629 g/mol. The van der Waals surface area contributed by atoms with Gasteiger partial charge in [-0.25, -0.2) is 0 Å². The van der Waals surface area contributed by atoms with Gasteiger partial charge >= 0.3 is 0 Å². The van der Waals surface area contributed by atoms with Crippen LogP contribution in [0.3, 0.4) is 0 Å². The molecule has 1 saturated heterocycles. The number of methoxy groups -OCH3 is 1. The van der Waals surface area contributed by atoms with Crippen LogP contribution >= 0.6 is 0 Å². The van der Waals surface area contributed by atoms with Gasteiger partial charge in [0, 0.05) is 42.4 Å². The molecule has 2 aromatic carbocycles. The predicted octanol–water partition coefficient (Wildman–Crippen LogP) is 7.09. The van der Waals surface area contributed by atoms with Crippen LogP contribution in [0.1, 0.15) is 107 Å². The number of benzene rings is 2. The molecule has 5 aliphatic rings. The molecule has 3 aliphatic carbocycles. The van der Waals surface area contributed by atoms with E-state index in [-0.39, 0.29) is 23.7 Å². The maximum atomic E-state index is 13.8. The van der Waals surface area contributed by atoms with Crippen LogP contribution in [0.4, 0.5) is 0 Å². The van der Waals surface area contributed by atoms with Gasteiger partial charge in [0.25, 0.3) is 0 Å². The van der Waals surface area contributed by atoms with E-state index in [4.69, 9.17) is 9.47 Å². The summed E-state index contributed by atoms with van der Waals surface area (Å²) in [6.07, 6.45) is 16.7. The van der Waals surface area contributed by atoms with E-state index in [9.17, 15) is 9.90 Å². The Balaban J connectivity index is 0.946. The number of carbonyl (C=O) groups excluding carboxylic acids is 1. The lowest BCUT2D eigenvalue weighted by atomic mass is 9.51. The number of carbonyl (C=O) groups is 1. The number of ether oxygens (including phenoxy) is 2. The van der Waals surface area contributed by atoms with E-state index < -0.39 is 0 Å². The van der Waals surface area contributed by atoms with Crippen molar-refractivity contribution in [1.82, 2.24) is 9.80 Å². The van der Waals surface area contributed by atoms with E-state index in [1.54, 1.807) is 7.11 Å². The second-order valence-electron chi connectivity index (χ2n) is 15.0. The molecule has 2 saturated carbocycles. The molecule has 2 bridgehead atoms. The Kier molecular flexibility index (Phi) is 9.66. The number of aliphatic hydroxyl groups excluding tert-OH is 1. The summed E-state index contributed by atoms with van der Waals surface area (Å²) in [5.41, 5.74) is 4.20. The highest BCUT2D eigenvalue weighted by atomic mass is 16.5. The molecule has 2 heterocycles. The van der Waals surface area contributed by atoms with Crippen molar-refractivity contribution in [3.05, 3.63) is 59.2 Å². The third-order valence-corrected chi connectivity index (χ3v) is 12.5. The van der Waals surface area contributed by atoms with E-state index in [0.717, 1.165) is 76.1 Å².